The van der Waals surface area contributed by atoms with E-state index < -0.39 is 0 Å². The largest absolute Gasteiger partial charge is 0.378 e. The fraction of sp³-hybridized carbons (Fsp3) is 0.176. The van der Waals surface area contributed by atoms with Crippen LogP contribution in [0.4, 0.5) is 5.69 Å². The molecular weight excluding hydrogens is 260 g/mol. The Kier molecular flexibility index (Phi) is 3.69. The highest BCUT2D eigenvalue weighted by Gasteiger charge is 2.06. The van der Waals surface area contributed by atoms with E-state index in [2.05, 4.69) is 47.4 Å². The van der Waals surface area contributed by atoms with Gasteiger partial charge in [0.05, 0.1) is 5.69 Å². The summed E-state index contributed by atoms with van der Waals surface area (Å²) in [5.74, 6) is 0.813. The molecule has 2 aromatic heterocycles. The summed E-state index contributed by atoms with van der Waals surface area (Å²) in [7, 11) is 0. The van der Waals surface area contributed by atoms with Crippen LogP contribution in [0.5, 0.6) is 0 Å². The first-order valence-corrected chi connectivity index (χ1v) is 6.99. The lowest BCUT2D eigenvalue weighted by Gasteiger charge is -2.13. The van der Waals surface area contributed by atoms with Crippen molar-refractivity contribution in [3.63, 3.8) is 0 Å². The smallest absolute Gasteiger partial charge is 0.176 e. The van der Waals surface area contributed by atoms with Gasteiger partial charge in [-0.05, 0) is 48.7 Å². The van der Waals surface area contributed by atoms with Gasteiger partial charge in [0.15, 0.2) is 5.82 Å². The number of nitrogens with zero attached hydrogens (tertiary/aromatic N) is 3. The maximum atomic E-state index is 4.41. The van der Waals surface area contributed by atoms with E-state index in [1.807, 2.05) is 24.4 Å². The predicted molar refractivity (Wildman–Crippen MR) is 84.6 cm³/mol. The van der Waals surface area contributed by atoms with Gasteiger partial charge in [-0.1, -0.05) is 18.2 Å². The number of aromatic nitrogens is 3. The third kappa shape index (κ3) is 2.79. The SMILES string of the molecule is Cc1cccc(CNc2cccnc2-n2cccn2)c1C. The van der Waals surface area contributed by atoms with Crippen LogP contribution in [0, 0.1) is 13.8 Å². The van der Waals surface area contributed by atoms with E-state index >= 15 is 0 Å². The minimum atomic E-state index is 0.771. The Labute approximate surface area is 124 Å². The number of hydrogen-bond donors (Lipinski definition) is 1. The van der Waals surface area contributed by atoms with E-state index in [4.69, 9.17) is 0 Å². The van der Waals surface area contributed by atoms with E-state index in [9.17, 15) is 0 Å². The molecule has 0 aliphatic heterocycles. The normalized spacial score (nSPS) is 10.6. The fourth-order valence-corrected chi connectivity index (χ4v) is 2.31. The Morgan fingerprint density at radius 2 is 1.95 bits per heavy atom. The third-order valence-corrected chi connectivity index (χ3v) is 3.69. The molecule has 3 aromatic rings. The maximum Gasteiger partial charge on any atom is 0.176 e. The van der Waals surface area contributed by atoms with Crippen molar-refractivity contribution < 1.29 is 0 Å². The lowest BCUT2D eigenvalue weighted by molar-refractivity contribution is 0.846. The van der Waals surface area contributed by atoms with Gasteiger partial charge in [-0.2, -0.15) is 5.10 Å². The number of rotatable bonds is 4. The highest BCUT2D eigenvalue weighted by Crippen LogP contribution is 2.19. The van der Waals surface area contributed by atoms with Gasteiger partial charge in [-0.3, -0.25) is 0 Å². The molecule has 0 saturated heterocycles. The van der Waals surface area contributed by atoms with Gasteiger partial charge in [0, 0.05) is 25.1 Å². The molecule has 0 atom stereocenters. The van der Waals surface area contributed by atoms with Crippen molar-refractivity contribution >= 4 is 5.69 Å². The first kappa shape index (κ1) is 13.4. The summed E-state index contributed by atoms with van der Waals surface area (Å²) in [6.45, 7) is 5.07. The number of aryl methyl sites for hydroxylation is 1. The van der Waals surface area contributed by atoms with Gasteiger partial charge in [-0.15, -0.1) is 0 Å². The molecule has 4 heteroatoms. The topological polar surface area (TPSA) is 42.7 Å². The van der Waals surface area contributed by atoms with Crippen LogP contribution >= 0.6 is 0 Å². The molecule has 1 aromatic carbocycles. The first-order valence-electron chi connectivity index (χ1n) is 6.99. The first-order chi connectivity index (χ1) is 10.3. The van der Waals surface area contributed by atoms with Crippen molar-refractivity contribution in [3.8, 4) is 5.82 Å². The summed E-state index contributed by atoms with van der Waals surface area (Å²) in [4.78, 5) is 4.41. The van der Waals surface area contributed by atoms with Crippen molar-refractivity contribution in [2.24, 2.45) is 0 Å². The van der Waals surface area contributed by atoms with Gasteiger partial charge in [0.2, 0.25) is 0 Å². The van der Waals surface area contributed by atoms with Crippen molar-refractivity contribution in [1.82, 2.24) is 14.8 Å². The second-order valence-electron chi connectivity index (χ2n) is 5.04. The molecule has 0 amide bonds. The summed E-state index contributed by atoms with van der Waals surface area (Å²) in [6, 6.07) is 12.2. The van der Waals surface area contributed by atoms with E-state index in [-0.39, 0.29) is 0 Å². The molecule has 0 bridgehead atoms. The van der Waals surface area contributed by atoms with Crippen LogP contribution < -0.4 is 5.32 Å². The van der Waals surface area contributed by atoms with Gasteiger partial charge in [-0.25, -0.2) is 9.67 Å². The van der Waals surface area contributed by atoms with Crippen LogP contribution in [0.15, 0.2) is 55.0 Å². The Hall–Kier alpha value is -2.62. The summed E-state index contributed by atoms with van der Waals surface area (Å²) in [6.07, 6.45) is 5.43. The van der Waals surface area contributed by atoms with E-state index in [0.29, 0.717) is 0 Å². The zero-order chi connectivity index (χ0) is 14.7. The monoisotopic (exact) mass is 278 g/mol. The highest BCUT2D eigenvalue weighted by atomic mass is 15.3. The Morgan fingerprint density at radius 3 is 2.76 bits per heavy atom. The molecule has 0 spiro atoms. The standard InChI is InChI=1S/C17H18N4/c1-13-6-3-7-15(14(13)2)12-19-16-8-4-9-18-17(16)21-11-5-10-20-21/h3-11,19H,12H2,1-2H3. The second kappa shape index (κ2) is 5.79. The molecule has 0 unspecified atom stereocenters. The quantitative estimate of drug-likeness (QED) is 0.794. The zero-order valence-electron chi connectivity index (χ0n) is 12.2. The van der Waals surface area contributed by atoms with Gasteiger partial charge in [0.25, 0.3) is 0 Å². The van der Waals surface area contributed by atoms with Gasteiger partial charge < -0.3 is 5.32 Å². The number of pyridine rings is 1. The van der Waals surface area contributed by atoms with Crippen LogP contribution in [0.2, 0.25) is 0 Å². The van der Waals surface area contributed by atoms with Crippen LogP contribution in [0.3, 0.4) is 0 Å². The van der Waals surface area contributed by atoms with E-state index in [1.54, 1.807) is 17.1 Å². The van der Waals surface area contributed by atoms with Gasteiger partial charge in [0.1, 0.15) is 0 Å². The van der Waals surface area contributed by atoms with Gasteiger partial charge >= 0.3 is 0 Å². The Morgan fingerprint density at radius 1 is 1.05 bits per heavy atom. The summed E-state index contributed by atoms with van der Waals surface area (Å²) in [5.41, 5.74) is 4.91. The van der Waals surface area contributed by atoms with Crippen LogP contribution in [0.1, 0.15) is 16.7 Å². The molecule has 21 heavy (non-hydrogen) atoms. The average Bonchev–Trinajstić information content (AvgIpc) is 3.03. The van der Waals surface area contributed by atoms with Crippen molar-refractivity contribution in [3.05, 3.63) is 71.7 Å². The molecule has 106 valence electrons. The Balaban J connectivity index is 1.85. The van der Waals surface area contributed by atoms with E-state index in [0.717, 1.165) is 18.1 Å². The molecule has 4 nitrogen and oxygen atoms in total. The maximum absolute atomic E-state index is 4.41. The van der Waals surface area contributed by atoms with E-state index in [1.165, 1.54) is 16.7 Å². The molecule has 0 aliphatic rings. The number of anilines is 1. The van der Waals surface area contributed by atoms with Crippen molar-refractivity contribution in [1.29, 1.82) is 0 Å². The van der Waals surface area contributed by atoms with Crippen molar-refractivity contribution in [2.45, 2.75) is 20.4 Å². The minimum absolute atomic E-state index is 0.771. The minimum Gasteiger partial charge on any atom is -0.378 e. The fourth-order valence-electron chi connectivity index (χ4n) is 2.31. The molecule has 0 saturated carbocycles. The summed E-state index contributed by atoms with van der Waals surface area (Å²) in [5, 5.41) is 7.71. The molecule has 3 rings (SSSR count). The highest BCUT2D eigenvalue weighted by molar-refractivity contribution is 5.56. The number of hydrogen-bond acceptors (Lipinski definition) is 3. The summed E-state index contributed by atoms with van der Waals surface area (Å²) >= 11 is 0. The summed E-state index contributed by atoms with van der Waals surface area (Å²) < 4.78 is 1.77. The third-order valence-electron chi connectivity index (χ3n) is 3.69. The Bertz CT molecular complexity index is 732. The molecular formula is C17H18N4. The molecule has 0 radical (unpaired) electrons. The molecule has 1 N–H and O–H groups in total. The van der Waals surface area contributed by atoms with Crippen LogP contribution in [-0.2, 0) is 6.54 Å². The predicted octanol–water partition coefficient (Wildman–Crippen LogP) is 3.50. The lowest BCUT2D eigenvalue weighted by Crippen LogP contribution is -2.07. The molecule has 0 aliphatic carbocycles. The number of benzene rings is 1. The average molecular weight is 278 g/mol. The molecule has 2 heterocycles. The lowest BCUT2D eigenvalue weighted by atomic mass is 10.0. The second-order valence-corrected chi connectivity index (χ2v) is 5.04. The van der Waals surface area contributed by atoms with Crippen LogP contribution in [0.25, 0.3) is 5.82 Å². The van der Waals surface area contributed by atoms with Crippen LogP contribution in [-0.4, -0.2) is 14.8 Å². The zero-order valence-corrected chi connectivity index (χ0v) is 12.2. The molecule has 0 fully saturated rings. The van der Waals surface area contributed by atoms with Crippen molar-refractivity contribution in [2.75, 3.05) is 5.32 Å². The number of nitrogens with one attached hydrogen (secondary N) is 1.